The molecule has 224 valence electrons. The van der Waals surface area contributed by atoms with Gasteiger partial charge in [0.1, 0.15) is 6.04 Å². The van der Waals surface area contributed by atoms with Crippen LogP contribution in [0.1, 0.15) is 83.1 Å². The van der Waals surface area contributed by atoms with E-state index in [1.165, 1.54) is 4.90 Å². The van der Waals surface area contributed by atoms with Crippen LogP contribution >= 0.6 is 0 Å². The van der Waals surface area contributed by atoms with Crippen LogP contribution in [-0.4, -0.2) is 55.0 Å². The van der Waals surface area contributed by atoms with Crippen molar-refractivity contribution in [2.45, 2.75) is 95.3 Å². The van der Waals surface area contributed by atoms with Crippen LogP contribution in [0.5, 0.6) is 0 Å². The standard InChI is InChI=1S/C11H17F3N2O2.C7H10N2O.C4H10.2C2H6.C2H4/c1-7-5-16(6-10(7,2)3)8(17)4-15-9(18)11(12,13)14;1-3-6(2)7(4-8)9-5-10;1-4(2)3;3*1-2/h7H,4-6H2,1-3H3,(H,15,18);3,5,7H,1-2H3,(H,9,10);4H,1-3H3;2*1-2H3;1-2H2/b;6-3+;;;;/t7-;;;;;/m0...../s1. The van der Waals surface area contributed by atoms with Gasteiger partial charge in [0.15, 0.2) is 0 Å². The zero-order valence-corrected chi connectivity index (χ0v) is 25.7. The number of alkyl halides is 3. The Hall–Kier alpha value is -2.83. The van der Waals surface area contributed by atoms with Crippen molar-refractivity contribution in [2.75, 3.05) is 19.6 Å². The molecule has 1 heterocycles. The molecule has 1 rings (SSSR count). The first-order chi connectivity index (χ1) is 17.5. The Bertz CT molecular complexity index is 698. The van der Waals surface area contributed by atoms with Gasteiger partial charge in [-0.1, -0.05) is 75.3 Å². The van der Waals surface area contributed by atoms with Gasteiger partial charge in [0.05, 0.1) is 12.6 Å². The van der Waals surface area contributed by atoms with Gasteiger partial charge >= 0.3 is 12.1 Å². The van der Waals surface area contributed by atoms with Crippen molar-refractivity contribution in [1.29, 1.82) is 5.26 Å². The molecule has 3 amide bonds. The summed E-state index contributed by atoms with van der Waals surface area (Å²) in [5.41, 5.74) is 0.804. The maximum atomic E-state index is 11.9. The highest BCUT2D eigenvalue weighted by molar-refractivity contribution is 5.87. The number of halogens is 3. The van der Waals surface area contributed by atoms with Crippen LogP contribution in [0.3, 0.4) is 0 Å². The van der Waals surface area contributed by atoms with Crippen molar-refractivity contribution >= 4 is 18.2 Å². The van der Waals surface area contributed by atoms with E-state index in [9.17, 15) is 27.6 Å². The van der Waals surface area contributed by atoms with Gasteiger partial charge in [0.25, 0.3) is 0 Å². The molecule has 1 aliphatic rings. The zero-order chi connectivity index (χ0) is 31.7. The van der Waals surface area contributed by atoms with Crippen molar-refractivity contribution < 1.29 is 27.6 Å². The molecule has 2 N–H and O–H groups in total. The number of rotatable bonds is 5. The molecule has 0 aromatic carbocycles. The molecular weight excluding hydrogens is 497 g/mol. The van der Waals surface area contributed by atoms with Gasteiger partial charge in [-0.05, 0) is 36.7 Å². The normalized spacial score (nSPS) is 15.8. The number of amides is 3. The number of nitrogens with zero attached hydrogens (tertiary/aromatic N) is 2. The quantitative estimate of drug-likeness (QED) is 0.311. The number of carbonyl (C=O) groups is 3. The maximum absolute atomic E-state index is 11.9. The number of hydrogen-bond acceptors (Lipinski definition) is 4. The first-order valence-corrected chi connectivity index (χ1v) is 12.9. The number of likely N-dealkylation sites (tertiary alicyclic amines) is 1. The molecule has 0 aliphatic carbocycles. The van der Waals surface area contributed by atoms with Crippen LogP contribution in [0.15, 0.2) is 24.8 Å². The summed E-state index contributed by atoms with van der Waals surface area (Å²) in [7, 11) is 0. The molecule has 10 heteroatoms. The summed E-state index contributed by atoms with van der Waals surface area (Å²) in [5, 5.41) is 12.4. The van der Waals surface area contributed by atoms with Gasteiger partial charge in [-0.25, -0.2) is 0 Å². The minimum Gasteiger partial charge on any atom is -0.340 e. The van der Waals surface area contributed by atoms with E-state index in [0.29, 0.717) is 19.5 Å². The Labute approximate surface area is 229 Å². The largest absolute Gasteiger partial charge is 0.471 e. The van der Waals surface area contributed by atoms with E-state index < -0.39 is 30.6 Å². The molecule has 0 saturated carbocycles. The van der Waals surface area contributed by atoms with Crippen molar-refractivity contribution in [3.63, 3.8) is 0 Å². The van der Waals surface area contributed by atoms with Crippen LogP contribution in [0.25, 0.3) is 0 Å². The summed E-state index contributed by atoms with van der Waals surface area (Å²) in [6.45, 7) is 30.5. The van der Waals surface area contributed by atoms with Crippen LogP contribution < -0.4 is 10.6 Å². The number of carbonyl (C=O) groups excluding carboxylic acids is 3. The maximum Gasteiger partial charge on any atom is 0.471 e. The molecule has 0 aromatic rings. The minimum absolute atomic E-state index is 0.0519. The van der Waals surface area contributed by atoms with E-state index in [1.54, 1.807) is 18.3 Å². The smallest absolute Gasteiger partial charge is 0.340 e. The molecule has 2 atom stereocenters. The zero-order valence-electron chi connectivity index (χ0n) is 25.7. The summed E-state index contributed by atoms with van der Waals surface area (Å²) < 4.78 is 35.8. The van der Waals surface area contributed by atoms with Gasteiger partial charge < -0.3 is 15.5 Å². The van der Waals surface area contributed by atoms with Gasteiger partial charge in [-0.15, -0.1) is 13.2 Å². The molecule has 38 heavy (non-hydrogen) atoms. The molecule has 0 bridgehead atoms. The SMILES string of the molecule is C/C=C(\C)C(C#N)NC=O.C=C.CC.CC.CC(C)C.C[C@H]1CN(C(=O)CNC(=O)C(F)(F)F)CC1(C)C. The molecule has 7 nitrogen and oxygen atoms in total. The predicted molar refractivity (Wildman–Crippen MR) is 151 cm³/mol. The molecule has 0 spiro atoms. The predicted octanol–water partition coefficient (Wildman–Crippen LogP) is 6.28. The fourth-order valence-electron chi connectivity index (χ4n) is 2.35. The van der Waals surface area contributed by atoms with Gasteiger partial charge in [0, 0.05) is 13.1 Å². The summed E-state index contributed by atoms with van der Waals surface area (Å²) in [6.07, 6.45) is -2.62. The Kier molecular flexibility index (Phi) is 30.6. The molecule has 1 saturated heterocycles. The highest BCUT2D eigenvalue weighted by Crippen LogP contribution is 2.34. The molecule has 1 aliphatic heterocycles. The molecule has 1 unspecified atom stereocenters. The molecular formula is C28H53F3N4O3. The van der Waals surface area contributed by atoms with Crippen LogP contribution in [-0.2, 0) is 14.4 Å². The van der Waals surface area contributed by atoms with Crippen molar-refractivity contribution in [1.82, 2.24) is 15.5 Å². The number of nitriles is 1. The lowest BCUT2D eigenvalue weighted by atomic mass is 9.84. The van der Waals surface area contributed by atoms with E-state index in [4.69, 9.17) is 5.26 Å². The van der Waals surface area contributed by atoms with Crippen LogP contribution in [0, 0.1) is 28.6 Å². The monoisotopic (exact) mass is 550 g/mol. The number of allylic oxidation sites excluding steroid dienone is 1. The van der Waals surface area contributed by atoms with Crippen molar-refractivity contribution in [3.8, 4) is 6.07 Å². The summed E-state index contributed by atoms with van der Waals surface area (Å²) in [6, 6.07) is 1.47. The van der Waals surface area contributed by atoms with Gasteiger partial charge in [-0.2, -0.15) is 18.4 Å². The third-order valence-electron chi connectivity index (χ3n) is 4.71. The van der Waals surface area contributed by atoms with E-state index >= 15 is 0 Å². The Balaban J connectivity index is -0.000000153. The highest BCUT2D eigenvalue weighted by atomic mass is 19.4. The highest BCUT2D eigenvalue weighted by Gasteiger charge is 2.41. The fraction of sp³-hybridized carbons (Fsp3) is 0.714. The van der Waals surface area contributed by atoms with Crippen molar-refractivity contribution in [3.05, 3.63) is 24.8 Å². The second-order valence-electron chi connectivity index (χ2n) is 8.96. The van der Waals surface area contributed by atoms with Crippen molar-refractivity contribution in [2.24, 2.45) is 17.3 Å². The second kappa shape index (κ2) is 25.8. The lowest BCUT2D eigenvalue weighted by molar-refractivity contribution is -0.174. The first-order valence-electron chi connectivity index (χ1n) is 12.9. The third-order valence-corrected chi connectivity index (χ3v) is 4.71. The topological polar surface area (TPSA) is 102 Å². The Morgan fingerprint density at radius 2 is 1.58 bits per heavy atom. The third kappa shape index (κ3) is 23.6. The van der Waals surface area contributed by atoms with Crippen LogP contribution in [0.2, 0.25) is 0 Å². The fourth-order valence-corrected chi connectivity index (χ4v) is 2.35. The number of nitrogens with one attached hydrogen (secondary N) is 2. The van der Waals surface area contributed by atoms with E-state index in [2.05, 4.69) is 39.2 Å². The first kappa shape index (κ1) is 45.1. The Morgan fingerprint density at radius 3 is 1.84 bits per heavy atom. The van der Waals surface area contributed by atoms with E-state index in [-0.39, 0.29) is 11.3 Å². The number of hydrogen-bond donors (Lipinski definition) is 2. The van der Waals surface area contributed by atoms with E-state index in [0.717, 1.165) is 11.5 Å². The molecule has 1 fully saturated rings. The summed E-state index contributed by atoms with van der Waals surface area (Å²) in [5.74, 6) is -1.45. The molecule has 0 aromatic heterocycles. The molecule has 0 radical (unpaired) electrons. The minimum atomic E-state index is -4.95. The Morgan fingerprint density at radius 1 is 1.16 bits per heavy atom. The van der Waals surface area contributed by atoms with E-state index in [1.807, 2.05) is 61.5 Å². The van der Waals surface area contributed by atoms with Gasteiger partial charge in [0.2, 0.25) is 12.3 Å². The van der Waals surface area contributed by atoms with Crippen LogP contribution in [0.4, 0.5) is 13.2 Å². The second-order valence-corrected chi connectivity index (χ2v) is 8.96. The lowest BCUT2D eigenvalue weighted by Gasteiger charge is -2.22. The average Bonchev–Trinajstić information content (AvgIpc) is 3.15. The average molecular weight is 551 g/mol. The summed E-state index contributed by atoms with van der Waals surface area (Å²) >= 11 is 0. The summed E-state index contributed by atoms with van der Waals surface area (Å²) in [4.78, 5) is 33.6. The van der Waals surface area contributed by atoms with Gasteiger partial charge in [-0.3, -0.25) is 14.4 Å². The lowest BCUT2D eigenvalue weighted by Crippen LogP contribution is -2.44.